The lowest BCUT2D eigenvalue weighted by molar-refractivity contribution is 0.430. The Morgan fingerprint density at radius 2 is 2.18 bits per heavy atom. The van der Waals surface area contributed by atoms with Gasteiger partial charge >= 0.3 is 0 Å². The van der Waals surface area contributed by atoms with E-state index in [1.807, 2.05) is 20.0 Å². The zero-order chi connectivity index (χ0) is 12.4. The standard InChI is InChI=1S/C12H10BrN3O/c1-8-5-12(16(2)15-8)17-10-4-3-9(7-14)11(13)6-10/h3-6H,1-2H3. The lowest BCUT2D eigenvalue weighted by atomic mass is 10.2. The molecule has 86 valence electrons. The van der Waals surface area contributed by atoms with Crippen molar-refractivity contribution < 1.29 is 4.74 Å². The molecule has 4 nitrogen and oxygen atoms in total. The van der Waals surface area contributed by atoms with Crippen LogP contribution in [0.5, 0.6) is 11.6 Å². The molecule has 1 aromatic carbocycles. The number of aromatic nitrogens is 2. The Morgan fingerprint density at radius 3 is 2.71 bits per heavy atom. The number of rotatable bonds is 2. The first kappa shape index (κ1) is 11.7. The fourth-order valence-corrected chi connectivity index (χ4v) is 1.90. The summed E-state index contributed by atoms with van der Waals surface area (Å²) in [4.78, 5) is 0. The molecule has 0 radical (unpaired) electrons. The van der Waals surface area contributed by atoms with Gasteiger partial charge in [0, 0.05) is 17.6 Å². The van der Waals surface area contributed by atoms with Crippen molar-refractivity contribution in [2.45, 2.75) is 6.92 Å². The molecule has 1 heterocycles. The third-order valence-electron chi connectivity index (χ3n) is 2.24. The second kappa shape index (κ2) is 4.60. The van der Waals surface area contributed by atoms with E-state index < -0.39 is 0 Å². The molecule has 0 fully saturated rings. The van der Waals surface area contributed by atoms with Gasteiger partial charge in [0.1, 0.15) is 11.8 Å². The van der Waals surface area contributed by atoms with Crippen molar-refractivity contribution in [3.63, 3.8) is 0 Å². The highest BCUT2D eigenvalue weighted by atomic mass is 79.9. The number of halogens is 1. The van der Waals surface area contributed by atoms with E-state index in [4.69, 9.17) is 10.00 Å². The van der Waals surface area contributed by atoms with Crippen LogP contribution in [0.2, 0.25) is 0 Å². The van der Waals surface area contributed by atoms with Crippen molar-refractivity contribution in [3.05, 3.63) is 40.0 Å². The van der Waals surface area contributed by atoms with Crippen LogP contribution < -0.4 is 4.74 Å². The largest absolute Gasteiger partial charge is 0.439 e. The zero-order valence-corrected chi connectivity index (χ0v) is 11.0. The van der Waals surface area contributed by atoms with Gasteiger partial charge in [-0.1, -0.05) is 0 Å². The summed E-state index contributed by atoms with van der Waals surface area (Å²) in [6.07, 6.45) is 0. The van der Waals surface area contributed by atoms with E-state index in [1.54, 1.807) is 22.9 Å². The second-order valence-electron chi connectivity index (χ2n) is 3.60. The maximum atomic E-state index is 8.81. The molecule has 0 amide bonds. The quantitative estimate of drug-likeness (QED) is 0.854. The van der Waals surface area contributed by atoms with Gasteiger partial charge in [0.15, 0.2) is 0 Å². The van der Waals surface area contributed by atoms with Crippen LogP contribution in [-0.2, 0) is 7.05 Å². The summed E-state index contributed by atoms with van der Waals surface area (Å²) >= 11 is 3.32. The maximum Gasteiger partial charge on any atom is 0.217 e. The summed E-state index contributed by atoms with van der Waals surface area (Å²) in [6.45, 7) is 1.90. The highest BCUT2D eigenvalue weighted by molar-refractivity contribution is 9.10. The summed E-state index contributed by atoms with van der Waals surface area (Å²) in [5, 5.41) is 13.0. The molecule has 5 heteroatoms. The molecule has 0 saturated heterocycles. The van der Waals surface area contributed by atoms with E-state index in [2.05, 4.69) is 27.1 Å². The molecule has 0 unspecified atom stereocenters. The van der Waals surface area contributed by atoms with Crippen LogP contribution in [0.4, 0.5) is 0 Å². The van der Waals surface area contributed by atoms with Crippen molar-refractivity contribution in [1.82, 2.24) is 9.78 Å². The molecule has 0 N–H and O–H groups in total. The highest BCUT2D eigenvalue weighted by Crippen LogP contribution is 2.26. The predicted molar refractivity (Wildman–Crippen MR) is 66.9 cm³/mol. The molecule has 0 bridgehead atoms. The van der Waals surface area contributed by atoms with E-state index in [1.165, 1.54) is 0 Å². The Kier molecular flexibility index (Phi) is 3.16. The lowest BCUT2D eigenvalue weighted by Crippen LogP contribution is -1.95. The van der Waals surface area contributed by atoms with Gasteiger partial charge in [0.25, 0.3) is 0 Å². The summed E-state index contributed by atoms with van der Waals surface area (Å²) in [7, 11) is 1.82. The lowest BCUT2D eigenvalue weighted by Gasteiger charge is -2.06. The summed E-state index contributed by atoms with van der Waals surface area (Å²) in [6, 6.07) is 9.17. The molecule has 0 atom stereocenters. The molecular formula is C12H10BrN3O. The third kappa shape index (κ3) is 2.48. The van der Waals surface area contributed by atoms with E-state index in [0.717, 1.165) is 10.2 Å². The minimum Gasteiger partial charge on any atom is -0.439 e. The van der Waals surface area contributed by atoms with E-state index in [0.29, 0.717) is 17.2 Å². The van der Waals surface area contributed by atoms with Crippen LogP contribution in [0, 0.1) is 18.3 Å². The molecule has 0 aliphatic carbocycles. The number of ether oxygens (including phenoxy) is 1. The minimum atomic E-state index is 0.582. The van der Waals surface area contributed by atoms with E-state index >= 15 is 0 Å². The number of aryl methyl sites for hydroxylation is 2. The Hall–Kier alpha value is -1.80. The third-order valence-corrected chi connectivity index (χ3v) is 2.90. The Morgan fingerprint density at radius 1 is 1.41 bits per heavy atom. The first-order chi connectivity index (χ1) is 8.10. The topological polar surface area (TPSA) is 50.8 Å². The molecule has 1 aromatic heterocycles. The Bertz CT molecular complexity index is 598. The van der Waals surface area contributed by atoms with E-state index in [-0.39, 0.29) is 0 Å². The van der Waals surface area contributed by atoms with Gasteiger partial charge in [-0.3, -0.25) is 0 Å². The van der Waals surface area contributed by atoms with Gasteiger partial charge in [-0.15, -0.1) is 0 Å². The number of hydrogen-bond donors (Lipinski definition) is 0. The van der Waals surface area contributed by atoms with Crippen molar-refractivity contribution in [2.75, 3.05) is 0 Å². The Labute approximate surface area is 108 Å². The minimum absolute atomic E-state index is 0.582. The first-order valence-electron chi connectivity index (χ1n) is 4.98. The SMILES string of the molecule is Cc1cc(Oc2ccc(C#N)c(Br)c2)n(C)n1. The summed E-state index contributed by atoms with van der Waals surface area (Å²) in [5.74, 6) is 1.33. The normalized spacial score (nSPS) is 10.0. The van der Waals surface area contributed by atoms with Crippen LogP contribution >= 0.6 is 15.9 Å². The van der Waals surface area contributed by atoms with Gasteiger partial charge in [-0.25, -0.2) is 4.68 Å². The molecule has 2 aromatic rings. The van der Waals surface area contributed by atoms with Crippen LogP contribution in [0.1, 0.15) is 11.3 Å². The fourth-order valence-electron chi connectivity index (χ4n) is 1.45. The number of nitriles is 1. The average Bonchev–Trinajstić information content (AvgIpc) is 2.58. The molecule has 0 spiro atoms. The maximum absolute atomic E-state index is 8.81. The second-order valence-corrected chi connectivity index (χ2v) is 4.46. The van der Waals surface area contributed by atoms with Gasteiger partial charge in [-0.05, 0) is 41.1 Å². The van der Waals surface area contributed by atoms with Crippen molar-refractivity contribution in [3.8, 4) is 17.7 Å². The monoisotopic (exact) mass is 291 g/mol. The predicted octanol–water partition coefficient (Wildman–Crippen LogP) is 3.16. The van der Waals surface area contributed by atoms with Gasteiger partial charge in [0.05, 0.1) is 11.3 Å². The molecular weight excluding hydrogens is 282 g/mol. The van der Waals surface area contributed by atoms with Crippen molar-refractivity contribution >= 4 is 15.9 Å². The summed E-state index contributed by atoms with van der Waals surface area (Å²) < 4.78 is 8.06. The molecule has 17 heavy (non-hydrogen) atoms. The number of nitrogens with zero attached hydrogens (tertiary/aromatic N) is 3. The van der Waals surface area contributed by atoms with Gasteiger partial charge < -0.3 is 4.74 Å². The fraction of sp³-hybridized carbons (Fsp3) is 0.167. The van der Waals surface area contributed by atoms with Crippen LogP contribution in [0.25, 0.3) is 0 Å². The first-order valence-corrected chi connectivity index (χ1v) is 5.77. The van der Waals surface area contributed by atoms with Crippen LogP contribution in [-0.4, -0.2) is 9.78 Å². The van der Waals surface area contributed by atoms with Crippen molar-refractivity contribution in [1.29, 1.82) is 5.26 Å². The van der Waals surface area contributed by atoms with E-state index in [9.17, 15) is 0 Å². The van der Waals surface area contributed by atoms with Gasteiger partial charge in [0.2, 0.25) is 5.88 Å². The molecule has 0 saturated carbocycles. The molecule has 2 rings (SSSR count). The van der Waals surface area contributed by atoms with Crippen LogP contribution in [0.3, 0.4) is 0 Å². The number of hydrogen-bond acceptors (Lipinski definition) is 3. The molecule has 0 aliphatic rings. The average molecular weight is 292 g/mol. The van der Waals surface area contributed by atoms with Gasteiger partial charge in [-0.2, -0.15) is 10.4 Å². The summed E-state index contributed by atoms with van der Waals surface area (Å²) in [5.41, 5.74) is 1.48. The number of benzene rings is 1. The van der Waals surface area contributed by atoms with Crippen molar-refractivity contribution in [2.24, 2.45) is 7.05 Å². The molecule has 0 aliphatic heterocycles. The Balaban J connectivity index is 2.28. The highest BCUT2D eigenvalue weighted by Gasteiger charge is 2.06. The zero-order valence-electron chi connectivity index (χ0n) is 9.44. The van der Waals surface area contributed by atoms with Crippen LogP contribution in [0.15, 0.2) is 28.7 Å². The smallest absolute Gasteiger partial charge is 0.217 e.